The standard InChI is InChI=1S/C21H14ClN3O2S/c22-19-10-9-18(28-19)17-11-15(14-3-1-2-4-16(14)25-17)21(27)24-13-7-5-12(6-8-13)20(23)26/h1-11H,(H2,23,26)(H,24,27). The van der Waals surface area contributed by atoms with Crippen LogP contribution < -0.4 is 11.1 Å². The van der Waals surface area contributed by atoms with Crippen LogP contribution in [0.2, 0.25) is 4.34 Å². The van der Waals surface area contributed by atoms with E-state index in [9.17, 15) is 9.59 Å². The van der Waals surface area contributed by atoms with Gasteiger partial charge in [0.2, 0.25) is 5.91 Å². The Bertz CT molecular complexity index is 1200. The summed E-state index contributed by atoms with van der Waals surface area (Å²) in [5.74, 6) is -0.786. The normalized spacial score (nSPS) is 10.8. The maximum Gasteiger partial charge on any atom is 0.256 e. The number of anilines is 1. The third-order valence-corrected chi connectivity index (χ3v) is 5.47. The molecule has 3 N–H and O–H groups in total. The summed E-state index contributed by atoms with van der Waals surface area (Å²) in [6.07, 6.45) is 0. The van der Waals surface area contributed by atoms with Crippen LogP contribution in [0.25, 0.3) is 21.5 Å². The van der Waals surface area contributed by atoms with Gasteiger partial charge in [-0.15, -0.1) is 11.3 Å². The van der Waals surface area contributed by atoms with Gasteiger partial charge in [-0.1, -0.05) is 29.8 Å². The lowest BCUT2D eigenvalue weighted by atomic mass is 10.1. The third-order valence-electron chi connectivity index (χ3n) is 4.21. The summed E-state index contributed by atoms with van der Waals surface area (Å²) in [5.41, 5.74) is 8.11. The van der Waals surface area contributed by atoms with Gasteiger partial charge < -0.3 is 11.1 Å². The number of halogens is 1. The van der Waals surface area contributed by atoms with Crippen LogP contribution in [0.5, 0.6) is 0 Å². The van der Waals surface area contributed by atoms with E-state index in [1.54, 1.807) is 36.4 Å². The van der Waals surface area contributed by atoms with Crippen LogP contribution in [-0.4, -0.2) is 16.8 Å². The van der Waals surface area contributed by atoms with Crippen LogP contribution in [-0.2, 0) is 0 Å². The Kier molecular flexibility index (Phi) is 4.81. The zero-order chi connectivity index (χ0) is 19.7. The number of nitrogens with one attached hydrogen (secondary N) is 1. The Morgan fingerprint density at radius 3 is 2.43 bits per heavy atom. The van der Waals surface area contributed by atoms with E-state index in [1.807, 2.05) is 30.3 Å². The number of thiophene rings is 1. The highest BCUT2D eigenvalue weighted by molar-refractivity contribution is 7.19. The Morgan fingerprint density at radius 2 is 1.75 bits per heavy atom. The first kappa shape index (κ1) is 18.2. The van der Waals surface area contributed by atoms with E-state index in [2.05, 4.69) is 10.3 Å². The first-order valence-electron chi connectivity index (χ1n) is 8.38. The fourth-order valence-corrected chi connectivity index (χ4v) is 3.86. The molecule has 0 unspecified atom stereocenters. The van der Waals surface area contributed by atoms with Crippen molar-refractivity contribution in [2.75, 3.05) is 5.32 Å². The Morgan fingerprint density at radius 1 is 1.00 bits per heavy atom. The average molecular weight is 408 g/mol. The van der Waals surface area contributed by atoms with E-state index >= 15 is 0 Å². The van der Waals surface area contributed by atoms with E-state index in [1.165, 1.54) is 11.3 Å². The molecule has 0 atom stereocenters. The second kappa shape index (κ2) is 7.42. The lowest BCUT2D eigenvalue weighted by molar-refractivity contribution is 0.0998. The second-order valence-electron chi connectivity index (χ2n) is 6.07. The molecule has 0 bridgehead atoms. The number of hydrogen-bond acceptors (Lipinski definition) is 4. The van der Waals surface area contributed by atoms with Gasteiger partial charge in [0.25, 0.3) is 5.91 Å². The molecule has 0 saturated heterocycles. The maximum atomic E-state index is 13.0. The van der Waals surface area contributed by atoms with Crippen molar-refractivity contribution < 1.29 is 9.59 Å². The molecule has 4 aromatic rings. The molecule has 0 fully saturated rings. The zero-order valence-corrected chi connectivity index (χ0v) is 16.1. The van der Waals surface area contributed by atoms with Gasteiger partial charge in [-0.3, -0.25) is 9.59 Å². The minimum Gasteiger partial charge on any atom is -0.366 e. The van der Waals surface area contributed by atoms with Crippen LogP contribution in [0.4, 0.5) is 5.69 Å². The predicted octanol–water partition coefficient (Wildman–Crippen LogP) is 4.97. The SMILES string of the molecule is NC(=O)c1ccc(NC(=O)c2cc(-c3ccc(Cl)s3)nc3ccccc23)cc1. The fourth-order valence-electron chi connectivity index (χ4n) is 2.86. The van der Waals surface area contributed by atoms with Gasteiger partial charge in [0.05, 0.1) is 26.0 Å². The molecule has 0 aliphatic heterocycles. The predicted molar refractivity (Wildman–Crippen MR) is 113 cm³/mol. The van der Waals surface area contributed by atoms with Gasteiger partial charge in [-0.2, -0.15) is 0 Å². The summed E-state index contributed by atoms with van der Waals surface area (Å²) in [7, 11) is 0. The van der Waals surface area contributed by atoms with Crippen LogP contribution in [0.1, 0.15) is 20.7 Å². The first-order valence-corrected chi connectivity index (χ1v) is 9.57. The Hall–Kier alpha value is -3.22. The molecule has 0 aliphatic rings. The molecule has 7 heteroatoms. The fraction of sp³-hybridized carbons (Fsp3) is 0. The second-order valence-corrected chi connectivity index (χ2v) is 7.79. The molecule has 5 nitrogen and oxygen atoms in total. The highest BCUT2D eigenvalue weighted by Gasteiger charge is 2.15. The molecular formula is C21H14ClN3O2S. The Labute approximate surface area is 169 Å². The minimum absolute atomic E-state index is 0.269. The number of para-hydroxylation sites is 1. The number of carbonyl (C=O) groups is 2. The van der Waals surface area contributed by atoms with Crippen molar-refractivity contribution in [2.45, 2.75) is 0 Å². The number of hydrogen-bond donors (Lipinski definition) is 2. The maximum absolute atomic E-state index is 13.0. The first-order chi connectivity index (χ1) is 13.5. The van der Waals surface area contributed by atoms with Crippen molar-refractivity contribution in [2.24, 2.45) is 5.73 Å². The number of aromatic nitrogens is 1. The van der Waals surface area contributed by atoms with Crippen molar-refractivity contribution in [1.82, 2.24) is 4.98 Å². The van der Waals surface area contributed by atoms with Crippen molar-refractivity contribution >= 4 is 51.3 Å². The molecule has 2 heterocycles. The van der Waals surface area contributed by atoms with Crippen molar-refractivity contribution in [3.63, 3.8) is 0 Å². The summed E-state index contributed by atoms with van der Waals surface area (Å²) in [6.45, 7) is 0. The largest absolute Gasteiger partial charge is 0.366 e. The number of nitrogens with two attached hydrogens (primary N) is 1. The van der Waals surface area contributed by atoms with Crippen LogP contribution >= 0.6 is 22.9 Å². The van der Waals surface area contributed by atoms with Gasteiger partial charge in [0, 0.05) is 16.6 Å². The number of pyridine rings is 1. The van der Waals surface area contributed by atoms with Crippen LogP contribution in [0.15, 0.2) is 66.7 Å². The molecule has 138 valence electrons. The van der Waals surface area contributed by atoms with Crippen molar-refractivity contribution in [1.29, 1.82) is 0 Å². The summed E-state index contributed by atoms with van der Waals surface area (Å²) < 4.78 is 0.658. The number of rotatable bonds is 4. The molecule has 4 rings (SSSR count). The van der Waals surface area contributed by atoms with E-state index in [-0.39, 0.29) is 5.91 Å². The molecule has 2 aromatic heterocycles. The molecule has 0 spiro atoms. The Balaban J connectivity index is 1.73. The van der Waals surface area contributed by atoms with Gasteiger partial charge in [0.15, 0.2) is 0 Å². The lowest BCUT2D eigenvalue weighted by Crippen LogP contribution is -2.14. The van der Waals surface area contributed by atoms with Crippen molar-refractivity contribution in [3.05, 3.63) is 82.2 Å². The summed E-state index contributed by atoms with van der Waals surface area (Å²) in [6, 6.07) is 19.3. The number of fused-ring (bicyclic) bond motifs is 1. The molecular weight excluding hydrogens is 394 g/mol. The average Bonchev–Trinajstić information content (AvgIpc) is 3.14. The number of primary amides is 1. The third kappa shape index (κ3) is 3.60. The molecule has 0 aliphatic carbocycles. The number of amides is 2. The van der Waals surface area contributed by atoms with E-state index in [0.717, 1.165) is 15.8 Å². The zero-order valence-electron chi connectivity index (χ0n) is 14.5. The number of nitrogens with zero attached hydrogens (tertiary/aromatic N) is 1. The highest BCUT2D eigenvalue weighted by atomic mass is 35.5. The monoisotopic (exact) mass is 407 g/mol. The smallest absolute Gasteiger partial charge is 0.256 e. The van der Waals surface area contributed by atoms with E-state index in [0.29, 0.717) is 26.8 Å². The van der Waals surface area contributed by atoms with E-state index < -0.39 is 5.91 Å². The molecule has 0 radical (unpaired) electrons. The molecule has 0 saturated carbocycles. The number of carbonyl (C=O) groups excluding carboxylic acids is 2. The summed E-state index contributed by atoms with van der Waals surface area (Å²) in [4.78, 5) is 29.7. The molecule has 2 aromatic carbocycles. The topological polar surface area (TPSA) is 85.1 Å². The highest BCUT2D eigenvalue weighted by Crippen LogP contribution is 2.32. The van der Waals surface area contributed by atoms with Gasteiger partial charge in [-0.05, 0) is 48.5 Å². The lowest BCUT2D eigenvalue weighted by Gasteiger charge is -2.10. The minimum atomic E-state index is -0.516. The summed E-state index contributed by atoms with van der Waals surface area (Å²) >= 11 is 7.46. The van der Waals surface area contributed by atoms with Crippen LogP contribution in [0.3, 0.4) is 0 Å². The quantitative estimate of drug-likeness (QED) is 0.501. The van der Waals surface area contributed by atoms with Gasteiger partial charge in [-0.25, -0.2) is 4.98 Å². The van der Waals surface area contributed by atoms with Crippen LogP contribution in [0, 0.1) is 0 Å². The van der Waals surface area contributed by atoms with E-state index in [4.69, 9.17) is 17.3 Å². The van der Waals surface area contributed by atoms with Gasteiger partial charge >= 0.3 is 0 Å². The molecule has 28 heavy (non-hydrogen) atoms. The van der Waals surface area contributed by atoms with Crippen molar-refractivity contribution in [3.8, 4) is 10.6 Å². The van der Waals surface area contributed by atoms with Gasteiger partial charge in [0.1, 0.15) is 0 Å². The summed E-state index contributed by atoms with van der Waals surface area (Å²) in [5, 5.41) is 3.61. The number of benzene rings is 2. The molecule has 2 amide bonds.